The van der Waals surface area contributed by atoms with Gasteiger partial charge in [0.2, 0.25) is 0 Å². The van der Waals surface area contributed by atoms with Crippen LogP contribution < -0.4 is 0 Å². The van der Waals surface area contributed by atoms with Crippen LogP contribution in [-0.4, -0.2) is 47.7 Å². The van der Waals surface area contributed by atoms with E-state index < -0.39 is 12.1 Å². The summed E-state index contributed by atoms with van der Waals surface area (Å²) in [7, 11) is 0. The second kappa shape index (κ2) is 6.68. The molecule has 2 aromatic rings. The molecule has 0 spiro atoms. The average molecular weight is 378 g/mol. The number of ether oxygens (including phenoxy) is 1. The van der Waals surface area contributed by atoms with Crippen LogP contribution in [0.2, 0.25) is 0 Å². The topological polar surface area (TPSA) is 66.8 Å². The second-order valence-corrected chi connectivity index (χ2v) is 6.43. The molecule has 0 aliphatic carbocycles. The number of morpholine rings is 1. The Labute approximate surface area is 142 Å². The molecule has 1 unspecified atom stereocenters. The number of carboxylic acids is 1. The van der Waals surface area contributed by atoms with Crippen LogP contribution in [0.5, 0.6) is 0 Å². The molecule has 0 bridgehead atoms. The fourth-order valence-electron chi connectivity index (χ4n) is 2.84. The number of nitrogens with zero attached hydrogens (tertiary/aromatic N) is 1. The molecule has 1 aliphatic heterocycles. The number of hydrogen-bond acceptors (Lipinski definition) is 3. The van der Waals surface area contributed by atoms with Crippen molar-refractivity contribution < 1.29 is 19.4 Å². The number of aliphatic carboxylic acids is 1. The largest absolute Gasteiger partial charge is 0.481 e. The van der Waals surface area contributed by atoms with E-state index in [-0.39, 0.29) is 12.3 Å². The van der Waals surface area contributed by atoms with Crippen LogP contribution >= 0.6 is 15.9 Å². The van der Waals surface area contributed by atoms with E-state index in [1.54, 1.807) is 4.90 Å². The number of rotatable bonds is 3. The third-order valence-corrected chi connectivity index (χ3v) is 4.34. The minimum absolute atomic E-state index is 0.0942. The lowest BCUT2D eigenvalue weighted by Gasteiger charge is -2.32. The summed E-state index contributed by atoms with van der Waals surface area (Å²) in [6.07, 6.45) is -0.549. The van der Waals surface area contributed by atoms with Gasteiger partial charge in [-0.2, -0.15) is 0 Å². The zero-order valence-electron chi connectivity index (χ0n) is 12.4. The highest BCUT2D eigenvalue weighted by Gasteiger charge is 2.27. The number of carbonyl (C=O) groups excluding carboxylic acids is 1. The highest BCUT2D eigenvalue weighted by atomic mass is 79.9. The molecule has 1 fully saturated rings. The molecule has 1 amide bonds. The summed E-state index contributed by atoms with van der Waals surface area (Å²) < 4.78 is 6.27. The first kappa shape index (κ1) is 16.0. The van der Waals surface area contributed by atoms with Crippen molar-refractivity contribution in [3.8, 4) is 0 Å². The SMILES string of the molecule is O=C(O)CC1CN(C(=O)c2cc(Br)cc3ccccc23)CCO1. The van der Waals surface area contributed by atoms with Crippen molar-refractivity contribution in [1.82, 2.24) is 4.90 Å². The van der Waals surface area contributed by atoms with Gasteiger partial charge in [0.05, 0.1) is 19.1 Å². The van der Waals surface area contributed by atoms with Crippen molar-refractivity contribution in [3.63, 3.8) is 0 Å². The molecular formula is C17H16BrNO4. The van der Waals surface area contributed by atoms with Gasteiger partial charge in [0.15, 0.2) is 0 Å². The van der Waals surface area contributed by atoms with E-state index in [0.29, 0.717) is 25.3 Å². The first-order valence-corrected chi connectivity index (χ1v) is 8.15. The van der Waals surface area contributed by atoms with E-state index in [1.165, 1.54) is 0 Å². The van der Waals surface area contributed by atoms with Crippen molar-refractivity contribution in [2.45, 2.75) is 12.5 Å². The second-order valence-electron chi connectivity index (χ2n) is 5.52. The summed E-state index contributed by atoms with van der Waals surface area (Å²) in [6, 6.07) is 11.5. The first-order chi connectivity index (χ1) is 11.0. The van der Waals surface area contributed by atoms with Crippen LogP contribution in [-0.2, 0) is 9.53 Å². The predicted molar refractivity (Wildman–Crippen MR) is 89.5 cm³/mol. The average Bonchev–Trinajstić information content (AvgIpc) is 2.53. The summed E-state index contributed by atoms with van der Waals surface area (Å²) >= 11 is 3.45. The molecule has 1 atom stereocenters. The lowest BCUT2D eigenvalue weighted by atomic mass is 10.0. The highest BCUT2D eigenvalue weighted by Crippen LogP contribution is 2.26. The van der Waals surface area contributed by atoms with Crippen LogP contribution in [0.1, 0.15) is 16.8 Å². The molecule has 1 N–H and O–H groups in total. The number of hydrogen-bond donors (Lipinski definition) is 1. The van der Waals surface area contributed by atoms with Crippen LogP contribution in [0.15, 0.2) is 40.9 Å². The number of fused-ring (bicyclic) bond motifs is 1. The molecular weight excluding hydrogens is 362 g/mol. The molecule has 6 heteroatoms. The van der Waals surface area contributed by atoms with Crippen LogP contribution in [0, 0.1) is 0 Å². The van der Waals surface area contributed by atoms with Gasteiger partial charge in [0.25, 0.3) is 5.91 Å². The molecule has 1 saturated heterocycles. The fraction of sp³-hybridized carbons (Fsp3) is 0.294. The maximum atomic E-state index is 12.9. The molecule has 0 aromatic heterocycles. The van der Waals surface area contributed by atoms with E-state index in [0.717, 1.165) is 15.2 Å². The summed E-state index contributed by atoms with van der Waals surface area (Å²) in [5.41, 5.74) is 0.617. The van der Waals surface area contributed by atoms with Gasteiger partial charge in [-0.15, -0.1) is 0 Å². The molecule has 0 radical (unpaired) electrons. The minimum Gasteiger partial charge on any atom is -0.481 e. The van der Waals surface area contributed by atoms with Gasteiger partial charge in [-0.3, -0.25) is 9.59 Å². The quantitative estimate of drug-likeness (QED) is 0.892. The molecule has 2 aromatic carbocycles. The summed E-state index contributed by atoms with van der Waals surface area (Å²) in [6.45, 7) is 1.12. The van der Waals surface area contributed by atoms with Crippen molar-refractivity contribution in [2.24, 2.45) is 0 Å². The maximum absolute atomic E-state index is 12.9. The zero-order chi connectivity index (χ0) is 16.4. The first-order valence-electron chi connectivity index (χ1n) is 7.35. The molecule has 1 aliphatic rings. The van der Waals surface area contributed by atoms with Crippen molar-refractivity contribution in [3.05, 3.63) is 46.4 Å². The van der Waals surface area contributed by atoms with E-state index in [4.69, 9.17) is 9.84 Å². The van der Waals surface area contributed by atoms with Crippen LogP contribution in [0.25, 0.3) is 10.8 Å². The number of carboxylic acid groups (broad SMARTS) is 1. The number of benzene rings is 2. The minimum atomic E-state index is -0.919. The lowest BCUT2D eigenvalue weighted by molar-refractivity contribution is -0.141. The predicted octanol–water partition coefficient (Wildman–Crippen LogP) is 2.92. The molecule has 0 saturated carbocycles. The number of carbonyl (C=O) groups is 2. The van der Waals surface area contributed by atoms with E-state index in [9.17, 15) is 9.59 Å². The Morgan fingerprint density at radius 2 is 2.09 bits per heavy atom. The van der Waals surface area contributed by atoms with Gasteiger partial charge in [0, 0.05) is 23.1 Å². The van der Waals surface area contributed by atoms with Gasteiger partial charge < -0.3 is 14.7 Å². The van der Waals surface area contributed by atoms with E-state index >= 15 is 0 Å². The Bertz CT molecular complexity index is 761. The smallest absolute Gasteiger partial charge is 0.306 e. The molecule has 3 rings (SSSR count). The zero-order valence-corrected chi connectivity index (χ0v) is 14.0. The number of amides is 1. The Morgan fingerprint density at radius 3 is 2.87 bits per heavy atom. The van der Waals surface area contributed by atoms with E-state index in [1.807, 2.05) is 36.4 Å². The summed E-state index contributed by atoms with van der Waals surface area (Å²) in [5, 5.41) is 10.8. The van der Waals surface area contributed by atoms with E-state index in [2.05, 4.69) is 15.9 Å². The van der Waals surface area contributed by atoms with Crippen LogP contribution in [0.4, 0.5) is 0 Å². The third kappa shape index (κ3) is 3.54. The van der Waals surface area contributed by atoms with Gasteiger partial charge in [-0.05, 0) is 22.9 Å². The Kier molecular flexibility index (Phi) is 4.63. The van der Waals surface area contributed by atoms with Crippen molar-refractivity contribution >= 4 is 38.6 Å². The third-order valence-electron chi connectivity index (χ3n) is 3.89. The molecule has 5 nitrogen and oxygen atoms in total. The Hall–Kier alpha value is -1.92. The van der Waals surface area contributed by atoms with Crippen LogP contribution in [0.3, 0.4) is 0 Å². The Morgan fingerprint density at radius 1 is 1.30 bits per heavy atom. The van der Waals surface area contributed by atoms with Gasteiger partial charge in [-0.25, -0.2) is 0 Å². The van der Waals surface area contributed by atoms with Gasteiger partial charge >= 0.3 is 5.97 Å². The summed E-state index contributed by atoms with van der Waals surface area (Å²) in [5.74, 6) is -1.02. The molecule has 120 valence electrons. The van der Waals surface area contributed by atoms with Crippen molar-refractivity contribution in [2.75, 3.05) is 19.7 Å². The number of halogens is 1. The standard InChI is InChI=1S/C17H16BrNO4/c18-12-7-11-3-1-2-4-14(11)15(8-12)17(22)19-5-6-23-13(10-19)9-16(20)21/h1-4,7-8,13H,5-6,9-10H2,(H,20,21). The maximum Gasteiger partial charge on any atom is 0.306 e. The normalized spacial score (nSPS) is 18.1. The lowest BCUT2D eigenvalue weighted by Crippen LogP contribution is -2.46. The highest BCUT2D eigenvalue weighted by molar-refractivity contribution is 9.10. The van der Waals surface area contributed by atoms with Crippen molar-refractivity contribution in [1.29, 1.82) is 0 Å². The Balaban J connectivity index is 1.89. The van der Waals surface area contributed by atoms with Gasteiger partial charge in [0.1, 0.15) is 0 Å². The molecule has 1 heterocycles. The van der Waals surface area contributed by atoms with Gasteiger partial charge in [-0.1, -0.05) is 40.2 Å². The molecule has 23 heavy (non-hydrogen) atoms. The monoisotopic (exact) mass is 377 g/mol. The summed E-state index contributed by atoms with van der Waals surface area (Å²) in [4.78, 5) is 25.4. The fourth-order valence-corrected chi connectivity index (χ4v) is 3.32.